The van der Waals surface area contributed by atoms with Gasteiger partial charge in [-0.2, -0.15) is 11.8 Å². The van der Waals surface area contributed by atoms with Crippen LogP contribution in [0.2, 0.25) is 0 Å². The van der Waals surface area contributed by atoms with E-state index in [9.17, 15) is 9.59 Å². The van der Waals surface area contributed by atoms with Gasteiger partial charge in [-0.05, 0) is 18.1 Å². The molecule has 1 amide bonds. The van der Waals surface area contributed by atoms with E-state index in [2.05, 4.69) is 5.32 Å². The number of rotatable bonds is 0. The van der Waals surface area contributed by atoms with E-state index in [0.29, 0.717) is 24.9 Å². The summed E-state index contributed by atoms with van der Waals surface area (Å²) in [6, 6.07) is 7.50. The fourth-order valence-corrected chi connectivity index (χ4v) is 2.72. The summed E-state index contributed by atoms with van der Waals surface area (Å²) in [5.41, 5.74) is 1.62. The second-order valence-corrected chi connectivity index (χ2v) is 5.40. The fraction of sp³-hybridized carbons (Fsp3) is 0.429. The first-order chi connectivity index (χ1) is 9.27. The Bertz CT molecular complexity index is 462. The molecule has 1 aliphatic heterocycles. The molecule has 0 aliphatic carbocycles. The molecule has 1 aromatic carbocycles. The summed E-state index contributed by atoms with van der Waals surface area (Å²) in [7, 11) is 0. The molecule has 0 spiro atoms. The van der Waals surface area contributed by atoms with Crippen LogP contribution >= 0.6 is 11.8 Å². The zero-order valence-electron chi connectivity index (χ0n) is 10.7. The molecule has 1 aromatic rings. The largest absolute Gasteiger partial charge is 0.462 e. The molecule has 5 heteroatoms. The monoisotopic (exact) mass is 279 g/mol. The molecular formula is C14H17NO3S. The number of benzene rings is 1. The molecule has 0 fully saturated rings. The van der Waals surface area contributed by atoms with Crippen LogP contribution < -0.4 is 5.32 Å². The Morgan fingerprint density at radius 2 is 2.05 bits per heavy atom. The van der Waals surface area contributed by atoms with Gasteiger partial charge in [0.15, 0.2) is 0 Å². The topological polar surface area (TPSA) is 55.4 Å². The van der Waals surface area contributed by atoms with E-state index in [4.69, 9.17) is 4.74 Å². The third-order valence-electron chi connectivity index (χ3n) is 2.84. The van der Waals surface area contributed by atoms with Crippen LogP contribution in [0.25, 0.3) is 0 Å². The highest BCUT2D eigenvalue weighted by Crippen LogP contribution is 2.17. The zero-order valence-corrected chi connectivity index (χ0v) is 11.5. The summed E-state index contributed by atoms with van der Waals surface area (Å²) < 4.78 is 5.20. The van der Waals surface area contributed by atoms with Gasteiger partial charge in [0.2, 0.25) is 5.91 Å². The summed E-state index contributed by atoms with van der Waals surface area (Å²) >= 11 is 1.70. The van der Waals surface area contributed by atoms with Crippen molar-refractivity contribution >= 4 is 23.6 Å². The molecule has 19 heavy (non-hydrogen) atoms. The SMILES string of the molecule is O=C1CCCOC(=O)c2ccccc2CSCCN1. The van der Waals surface area contributed by atoms with Gasteiger partial charge < -0.3 is 10.1 Å². The first-order valence-corrected chi connectivity index (χ1v) is 7.52. The first-order valence-electron chi connectivity index (χ1n) is 6.37. The average Bonchev–Trinajstić information content (AvgIpc) is 2.44. The van der Waals surface area contributed by atoms with E-state index in [1.54, 1.807) is 17.8 Å². The van der Waals surface area contributed by atoms with Crippen LogP contribution in [0.4, 0.5) is 0 Å². The minimum atomic E-state index is -0.296. The molecule has 0 bridgehead atoms. The Balaban J connectivity index is 2.08. The zero-order chi connectivity index (χ0) is 13.5. The van der Waals surface area contributed by atoms with Gasteiger partial charge >= 0.3 is 5.97 Å². The lowest BCUT2D eigenvalue weighted by molar-refractivity contribution is -0.121. The van der Waals surface area contributed by atoms with Crippen molar-refractivity contribution in [1.82, 2.24) is 5.32 Å². The summed E-state index contributed by atoms with van der Waals surface area (Å²) in [5, 5.41) is 2.86. The van der Waals surface area contributed by atoms with Gasteiger partial charge in [0.05, 0.1) is 12.2 Å². The van der Waals surface area contributed by atoms with Gasteiger partial charge in [0, 0.05) is 24.5 Å². The van der Waals surface area contributed by atoms with Gasteiger partial charge in [-0.1, -0.05) is 18.2 Å². The molecule has 102 valence electrons. The highest BCUT2D eigenvalue weighted by atomic mass is 32.2. The van der Waals surface area contributed by atoms with E-state index < -0.39 is 0 Å². The second-order valence-electron chi connectivity index (χ2n) is 4.30. The third kappa shape index (κ3) is 4.28. The van der Waals surface area contributed by atoms with Crippen LogP contribution in [0.15, 0.2) is 24.3 Å². The van der Waals surface area contributed by atoms with Crippen molar-refractivity contribution in [3.05, 3.63) is 35.4 Å². The molecule has 1 heterocycles. The van der Waals surface area contributed by atoms with E-state index in [1.807, 2.05) is 18.2 Å². The number of hydrogen-bond donors (Lipinski definition) is 1. The number of amides is 1. The number of cyclic esters (lactones) is 1. The highest BCUT2D eigenvalue weighted by molar-refractivity contribution is 7.98. The summed E-state index contributed by atoms with van der Waals surface area (Å²) in [6.07, 6.45) is 0.965. The van der Waals surface area contributed by atoms with Crippen molar-refractivity contribution in [3.63, 3.8) is 0 Å². The molecule has 1 N–H and O–H groups in total. The van der Waals surface area contributed by atoms with Crippen LogP contribution in [-0.4, -0.2) is 30.8 Å². The Morgan fingerprint density at radius 3 is 2.95 bits per heavy atom. The minimum Gasteiger partial charge on any atom is -0.462 e. The molecule has 0 unspecified atom stereocenters. The number of thioether (sulfide) groups is 1. The predicted molar refractivity (Wildman–Crippen MR) is 75.1 cm³/mol. The van der Waals surface area contributed by atoms with Crippen molar-refractivity contribution in [1.29, 1.82) is 0 Å². The van der Waals surface area contributed by atoms with Crippen molar-refractivity contribution in [2.45, 2.75) is 18.6 Å². The molecule has 0 saturated carbocycles. The molecule has 2 rings (SSSR count). The van der Waals surface area contributed by atoms with E-state index >= 15 is 0 Å². The van der Waals surface area contributed by atoms with Crippen LogP contribution in [0.1, 0.15) is 28.8 Å². The maximum atomic E-state index is 12.0. The Kier molecular flexibility index (Phi) is 5.27. The average molecular weight is 279 g/mol. The Hall–Kier alpha value is -1.49. The van der Waals surface area contributed by atoms with Gasteiger partial charge in [0.25, 0.3) is 0 Å². The van der Waals surface area contributed by atoms with Crippen LogP contribution in [0, 0.1) is 0 Å². The first kappa shape index (κ1) is 13.9. The predicted octanol–water partition coefficient (Wildman–Crippen LogP) is 1.99. The van der Waals surface area contributed by atoms with Crippen molar-refractivity contribution < 1.29 is 14.3 Å². The number of nitrogens with one attached hydrogen (secondary N) is 1. The normalized spacial score (nSPS) is 18.1. The Morgan fingerprint density at radius 1 is 1.21 bits per heavy atom. The molecule has 0 atom stereocenters. The summed E-state index contributed by atoms with van der Waals surface area (Å²) in [4.78, 5) is 23.4. The smallest absolute Gasteiger partial charge is 0.338 e. The maximum absolute atomic E-state index is 12.0. The molecular weight excluding hydrogens is 262 g/mol. The van der Waals surface area contributed by atoms with Gasteiger partial charge in [-0.3, -0.25) is 4.79 Å². The maximum Gasteiger partial charge on any atom is 0.338 e. The van der Waals surface area contributed by atoms with Crippen LogP contribution in [0.3, 0.4) is 0 Å². The Labute approximate surface area is 116 Å². The summed E-state index contributed by atoms with van der Waals surface area (Å²) in [6.45, 7) is 0.953. The molecule has 1 aliphatic rings. The number of ether oxygens (including phenoxy) is 1. The van der Waals surface area contributed by atoms with Crippen molar-refractivity contribution in [2.75, 3.05) is 18.9 Å². The van der Waals surface area contributed by atoms with Crippen molar-refractivity contribution in [2.24, 2.45) is 0 Å². The van der Waals surface area contributed by atoms with Gasteiger partial charge in [-0.25, -0.2) is 4.79 Å². The number of carbonyl (C=O) groups excluding carboxylic acids is 2. The lowest BCUT2D eigenvalue weighted by atomic mass is 10.1. The number of fused-ring (bicyclic) bond motifs is 1. The third-order valence-corrected chi connectivity index (χ3v) is 3.85. The number of hydrogen-bond acceptors (Lipinski definition) is 4. The van der Waals surface area contributed by atoms with Gasteiger partial charge in [-0.15, -0.1) is 0 Å². The number of esters is 1. The molecule has 4 nitrogen and oxygen atoms in total. The van der Waals surface area contributed by atoms with Crippen LogP contribution in [-0.2, 0) is 15.3 Å². The highest BCUT2D eigenvalue weighted by Gasteiger charge is 2.13. The van der Waals surface area contributed by atoms with E-state index in [0.717, 1.165) is 17.1 Å². The molecule has 0 aromatic heterocycles. The van der Waals surface area contributed by atoms with Gasteiger partial charge in [0.1, 0.15) is 0 Å². The van der Waals surface area contributed by atoms with E-state index in [-0.39, 0.29) is 18.5 Å². The molecule has 0 radical (unpaired) electrons. The second kappa shape index (κ2) is 7.19. The lowest BCUT2D eigenvalue weighted by Crippen LogP contribution is -2.25. The van der Waals surface area contributed by atoms with E-state index in [1.165, 1.54) is 0 Å². The minimum absolute atomic E-state index is 0.0217. The standard InChI is InChI=1S/C14H17NO3S/c16-13-6-3-8-18-14(17)12-5-2-1-4-11(12)10-19-9-7-15-13/h1-2,4-5H,3,6-10H2,(H,15,16). The summed E-state index contributed by atoms with van der Waals surface area (Å²) in [5.74, 6) is 1.32. The number of carbonyl (C=O) groups is 2. The quantitative estimate of drug-likeness (QED) is 0.738. The van der Waals surface area contributed by atoms with Crippen molar-refractivity contribution in [3.8, 4) is 0 Å². The lowest BCUT2D eigenvalue weighted by Gasteiger charge is -2.08. The fourth-order valence-electron chi connectivity index (χ4n) is 1.85. The molecule has 0 saturated heterocycles. The van der Waals surface area contributed by atoms with Crippen LogP contribution in [0.5, 0.6) is 0 Å².